The van der Waals surface area contributed by atoms with E-state index < -0.39 is 6.10 Å². The molecule has 21 heavy (non-hydrogen) atoms. The maximum atomic E-state index is 12.2. The molecule has 2 rings (SSSR count). The predicted molar refractivity (Wildman–Crippen MR) is 80.5 cm³/mol. The molecule has 112 valence electrons. The van der Waals surface area contributed by atoms with Crippen LogP contribution in [0, 0.1) is 20.8 Å². The van der Waals surface area contributed by atoms with E-state index in [0.29, 0.717) is 23.7 Å². The summed E-state index contributed by atoms with van der Waals surface area (Å²) in [5.41, 5.74) is 2.33. The van der Waals surface area contributed by atoms with Gasteiger partial charge >= 0.3 is 0 Å². The minimum absolute atomic E-state index is 0.232. The van der Waals surface area contributed by atoms with Crippen molar-refractivity contribution in [2.75, 3.05) is 5.32 Å². The molecule has 1 amide bonds. The van der Waals surface area contributed by atoms with Crippen LogP contribution in [0.25, 0.3) is 0 Å². The highest BCUT2D eigenvalue weighted by molar-refractivity contribution is 5.93. The highest BCUT2D eigenvalue weighted by Gasteiger charge is 2.19. The highest BCUT2D eigenvalue weighted by Crippen LogP contribution is 2.19. The standard InChI is InChI=1S/C16H20N2O3/c1-5-14(16(19)17-15-9-12(4)21-18-15)20-13-7-6-10(2)11(3)8-13/h6-9,14H,5H2,1-4H3,(H,17,18,19)/t14-/m0/s1. The first kappa shape index (κ1) is 15.1. The monoisotopic (exact) mass is 288 g/mol. The number of rotatable bonds is 5. The van der Waals surface area contributed by atoms with Crippen LogP contribution in [0.2, 0.25) is 0 Å². The summed E-state index contributed by atoms with van der Waals surface area (Å²) >= 11 is 0. The Labute approximate surface area is 124 Å². The maximum absolute atomic E-state index is 12.2. The first-order valence-electron chi connectivity index (χ1n) is 6.97. The van der Waals surface area contributed by atoms with E-state index in [9.17, 15) is 4.79 Å². The van der Waals surface area contributed by atoms with Crippen molar-refractivity contribution in [3.05, 3.63) is 41.2 Å². The van der Waals surface area contributed by atoms with Crippen LogP contribution in [-0.2, 0) is 4.79 Å². The molecule has 1 heterocycles. The number of nitrogens with zero attached hydrogens (tertiary/aromatic N) is 1. The fourth-order valence-corrected chi connectivity index (χ4v) is 1.91. The van der Waals surface area contributed by atoms with Crippen molar-refractivity contribution in [1.29, 1.82) is 0 Å². The smallest absolute Gasteiger partial charge is 0.266 e. The van der Waals surface area contributed by atoms with Gasteiger partial charge < -0.3 is 14.6 Å². The van der Waals surface area contributed by atoms with Crippen LogP contribution < -0.4 is 10.1 Å². The Morgan fingerprint density at radius 3 is 2.62 bits per heavy atom. The summed E-state index contributed by atoms with van der Waals surface area (Å²) in [7, 11) is 0. The van der Waals surface area contributed by atoms with Crippen LogP contribution >= 0.6 is 0 Å². The van der Waals surface area contributed by atoms with Gasteiger partial charge in [-0.2, -0.15) is 0 Å². The van der Waals surface area contributed by atoms with Gasteiger partial charge in [0.25, 0.3) is 5.91 Å². The third-order valence-corrected chi connectivity index (χ3v) is 3.30. The van der Waals surface area contributed by atoms with Gasteiger partial charge in [0.05, 0.1) is 0 Å². The largest absolute Gasteiger partial charge is 0.481 e. The van der Waals surface area contributed by atoms with Gasteiger partial charge in [-0.25, -0.2) is 0 Å². The number of carbonyl (C=O) groups is 1. The van der Waals surface area contributed by atoms with Gasteiger partial charge in [-0.1, -0.05) is 18.1 Å². The zero-order valence-electron chi connectivity index (χ0n) is 12.8. The maximum Gasteiger partial charge on any atom is 0.266 e. The van der Waals surface area contributed by atoms with E-state index in [2.05, 4.69) is 10.5 Å². The molecule has 0 saturated heterocycles. The van der Waals surface area contributed by atoms with Crippen LogP contribution in [0.4, 0.5) is 5.82 Å². The fourth-order valence-electron chi connectivity index (χ4n) is 1.91. The third-order valence-electron chi connectivity index (χ3n) is 3.30. The predicted octanol–water partition coefficient (Wildman–Crippen LogP) is 3.40. The average Bonchev–Trinajstić information content (AvgIpc) is 2.85. The van der Waals surface area contributed by atoms with E-state index in [1.54, 1.807) is 13.0 Å². The highest BCUT2D eigenvalue weighted by atomic mass is 16.5. The number of ether oxygens (including phenoxy) is 1. The number of carbonyl (C=O) groups excluding carboxylic acids is 1. The molecule has 0 bridgehead atoms. The Morgan fingerprint density at radius 1 is 1.29 bits per heavy atom. The first-order valence-corrected chi connectivity index (χ1v) is 6.97. The molecule has 0 aliphatic carbocycles. The summed E-state index contributed by atoms with van der Waals surface area (Å²) < 4.78 is 10.7. The number of aryl methyl sites for hydroxylation is 3. The van der Waals surface area contributed by atoms with Crippen LogP contribution in [-0.4, -0.2) is 17.2 Å². The van der Waals surface area contributed by atoms with Crippen molar-refractivity contribution < 1.29 is 14.1 Å². The lowest BCUT2D eigenvalue weighted by molar-refractivity contribution is -0.122. The van der Waals surface area contributed by atoms with Gasteiger partial charge in [-0.15, -0.1) is 0 Å². The Balaban J connectivity index is 2.04. The average molecular weight is 288 g/mol. The molecular formula is C16H20N2O3. The molecule has 1 N–H and O–H groups in total. The van der Waals surface area contributed by atoms with Crippen molar-refractivity contribution in [3.8, 4) is 5.75 Å². The van der Waals surface area contributed by atoms with Crippen molar-refractivity contribution in [3.63, 3.8) is 0 Å². The van der Waals surface area contributed by atoms with Gasteiger partial charge in [-0.3, -0.25) is 4.79 Å². The zero-order chi connectivity index (χ0) is 15.4. The van der Waals surface area contributed by atoms with Crippen LogP contribution in [0.5, 0.6) is 5.75 Å². The molecule has 0 spiro atoms. The molecule has 0 saturated carbocycles. The minimum atomic E-state index is -0.566. The zero-order valence-corrected chi connectivity index (χ0v) is 12.8. The van der Waals surface area contributed by atoms with E-state index in [4.69, 9.17) is 9.26 Å². The molecule has 1 aromatic heterocycles. The fraction of sp³-hybridized carbons (Fsp3) is 0.375. The van der Waals surface area contributed by atoms with Crippen molar-refractivity contribution in [1.82, 2.24) is 5.16 Å². The number of amides is 1. The second-order valence-corrected chi connectivity index (χ2v) is 5.07. The van der Waals surface area contributed by atoms with E-state index in [1.807, 2.05) is 39.0 Å². The van der Waals surface area contributed by atoms with Gasteiger partial charge in [0.1, 0.15) is 11.5 Å². The molecule has 0 radical (unpaired) electrons. The summed E-state index contributed by atoms with van der Waals surface area (Å²) in [4.78, 5) is 12.2. The van der Waals surface area contributed by atoms with Gasteiger partial charge in [0, 0.05) is 6.07 Å². The number of aromatic nitrogens is 1. The normalized spacial score (nSPS) is 12.0. The number of nitrogens with one attached hydrogen (secondary N) is 1. The minimum Gasteiger partial charge on any atom is -0.481 e. The summed E-state index contributed by atoms with van der Waals surface area (Å²) in [5.74, 6) is 1.51. The number of benzene rings is 1. The molecule has 1 atom stereocenters. The third kappa shape index (κ3) is 3.84. The lowest BCUT2D eigenvalue weighted by atomic mass is 10.1. The second kappa shape index (κ2) is 6.43. The van der Waals surface area contributed by atoms with Gasteiger partial charge in [-0.05, 0) is 50.5 Å². The molecule has 2 aromatic rings. The Hall–Kier alpha value is -2.30. The van der Waals surface area contributed by atoms with E-state index in [-0.39, 0.29) is 5.91 Å². The topological polar surface area (TPSA) is 64.4 Å². The second-order valence-electron chi connectivity index (χ2n) is 5.07. The number of anilines is 1. The van der Waals surface area contributed by atoms with E-state index in [1.165, 1.54) is 5.56 Å². The molecule has 5 heteroatoms. The summed E-state index contributed by atoms with van der Waals surface area (Å²) in [6.07, 6.45) is -0.000566. The van der Waals surface area contributed by atoms with Crippen LogP contribution in [0.1, 0.15) is 30.2 Å². The Morgan fingerprint density at radius 2 is 2.05 bits per heavy atom. The Bertz CT molecular complexity index is 634. The first-order chi connectivity index (χ1) is 9.99. The van der Waals surface area contributed by atoms with E-state index in [0.717, 1.165) is 5.56 Å². The van der Waals surface area contributed by atoms with Gasteiger partial charge in [0.2, 0.25) is 0 Å². The summed E-state index contributed by atoms with van der Waals surface area (Å²) in [6, 6.07) is 7.46. The summed E-state index contributed by atoms with van der Waals surface area (Å²) in [5, 5.41) is 6.43. The molecular weight excluding hydrogens is 268 g/mol. The molecule has 5 nitrogen and oxygen atoms in total. The number of hydrogen-bond donors (Lipinski definition) is 1. The summed E-state index contributed by atoms with van der Waals surface area (Å²) in [6.45, 7) is 7.72. The molecule has 0 aliphatic heterocycles. The molecule has 0 unspecified atom stereocenters. The lowest BCUT2D eigenvalue weighted by Gasteiger charge is -2.17. The van der Waals surface area contributed by atoms with Crippen LogP contribution in [0.3, 0.4) is 0 Å². The van der Waals surface area contributed by atoms with Crippen molar-refractivity contribution in [2.24, 2.45) is 0 Å². The van der Waals surface area contributed by atoms with Gasteiger partial charge in [0.15, 0.2) is 11.9 Å². The number of hydrogen-bond acceptors (Lipinski definition) is 4. The van der Waals surface area contributed by atoms with Crippen molar-refractivity contribution in [2.45, 2.75) is 40.2 Å². The lowest BCUT2D eigenvalue weighted by Crippen LogP contribution is -2.32. The molecule has 1 aromatic carbocycles. The Kier molecular flexibility index (Phi) is 4.62. The molecule has 0 aliphatic rings. The molecule has 0 fully saturated rings. The quantitative estimate of drug-likeness (QED) is 0.915. The van der Waals surface area contributed by atoms with Crippen LogP contribution in [0.15, 0.2) is 28.8 Å². The SMILES string of the molecule is CC[C@H](Oc1ccc(C)c(C)c1)C(=O)Nc1cc(C)on1. The van der Waals surface area contributed by atoms with Crippen molar-refractivity contribution >= 4 is 11.7 Å². The van der Waals surface area contributed by atoms with E-state index >= 15 is 0 Å².